The summed E-state index contributed by atoms with van der Waals surface area (Å²) in [6.07, 6.45) is 2.74. The number of anilines is 1. The maximum atomic E-state index is 4.50. The molecule has 1 N–H and O–H groups in total. The van der Waals surface area contributed by atoms with E-state index in [1.807, 2.05) is 0 Å². The van der Waals surface area contributed by atoms with Crippen LogP contribution in [0.3, 0.4) is 0 Å². The van der Waals surface area contributed by atoms with E-state index in [2.05, 4.69) is 40.3 Å². The van der Waals surface area contributed by atoms with Crippen LogP contribution in [0.4, 0.5) is 5.13 Å². The van der Waals surface area contributed by atoms with Gasteiger partial charge in [-0.15, -0.1) is 0 Å². The molecule has 1 saturated heterocycles. The number of hydrogen-bond donors (Lipinski definition) is 1. The van der Waals surface area contributed by atoms with Crippen molar-refractivity contribution in [2.75, 3.05) is 31.5 Å². The van der Waals surface area contributed by atoms with Gasteiger partial charge >= 0.3 is 0 Å². The first-order chi connectivity index (χ1) is 8.65. The van der Waals surface area contributed by atoms with Crippen LogP contribution in [-0.4, -0.2) is 40.4 Å². The molecule has 2 rings (SSSR count). The highest BCUT2D eigenvalue weighted by atomic mass is 32.1. The van der Waals surface area contributed by atoms with Gasteiger partial charge in [-0.3, -0.25) is 0 Å². The number of nitrogens with one attached hydrogen (secondary N) is 1. The van der Waals surface area contributed by atoms with Crippen LogP contribution in [0.5, 0.6) is 0 Å². The minimum Gasteiger partial charge on any atom is -0.360 e. The summed E-state index contributed by atoms with van der Waals surface area (Å²) in [4.78, 5) is 7.06. The Hall–Kier alpha value is -0.680. The van der Waals surface area contributed by atoms with Gasteiger partial charge in [-0.2, -0.15) is 4.37 Å². The summed E-state index contributed by atoms with van der Waals surface area (Å²) < 4.78 is 4.35. The Kier molecular flexibility index (Phi) is 4.95. The summed E-state index contributed by atoms with van der Waals surface area (Å²) in [6, 6.07) is 0. The lowest BCUT2D eigenvalue weighted by Gasteiger charge is -2.20. The highest BCUT2D eigenvalue weighted by Crippen LogP contribution is 2.18. The molecule has 0 aromatic carbocycles. The monoisotopic (exact) mass is 268 g/mol. The maximum absolute atomic E-state index is 4.50. The van der Waals surface area contributed by atoms with Gasteiger partial charge in [0.15, 0.2) is 0 Å². The average Bonchev–Trinajstić information content (AvgIpc) is 2.96. The van der Waals surface area contributed by atoms with E-state index >= 15 is 0 Å². The minimum atomic E-state index is 0.416. The van der Waals surface area contributed by atoms with Gasteiger partial charge in [0.05, 0.1) is 0 Å². The third kappa shape index (κ3) is 3.92. The Labute approximate surface area is 114 Å². The lowest BCUT2D eigenvalue weighted by atomic mass is 10.1. The molecule has 1 unspecified atom stereocenters. The van der Waals surface area contributed by atoms with E-state index in [1.54, 1.807) is 0 Å². The zero-order valence-electron chi connectivity index (χ0n) is 11.6. The third-order valence-electron chi connectivity index (χ3n) is 3.33. The van der Waals surface area contributed by atoms with E-state index in [0.717, 1.165) is 17.5 Å². The summed E-state index contributed by atoms with van der Waals surface area (Å²) >= 11 is 1.48. The van der Waals surface area contributed by atoms with Crippen LogP contribution in [0.1, 0.15) is 45.4 Å². The van der Waals surface area contributed by atoms with E-state index in [9.17, 15) is 0 Å². The van der Waals surface area contributed by atoms with Crippen LogP contribution in [-0.2, 0) is 0 Å². The van der Waals surface area contributed by atoms with Crippen LogP contribution in [0.25, 0.3) is 0 Å². The molecule has 0 aliphatic carbocycles. The molecule has 2 heterocycles. The molecule has 1 fully saturated rings. The Balaban J connectivity index is 1.72. The van der Waals surface area contributed by atoms with Crippen LogP contribution in [0, 0.1) is 5.92 Å². The van der Waals surface area contributed by atoms with Crippen LogP contribution >= 0.6 is 11.5 Å². The summed E-state index contributed by atoms with van der Waals surface area (Å²) in [7, 11) is 0. The average molecular weight is 268 g/mol. The van der Waals surface area contributed by atoms with Crippen LogP contribution in [0.2, 0.25) is 0 Å². The zero-order chi connectivity index (χ0) is 13.0. The van der Waals surface area contributed by atoms with Crippen molar-refractivity contribution in [3.05, 3.63) is 5.82 Å². The van der Waals surface area contributed by atoms with E-state index in [-0.39, 0.29) is 0 Å². The highest BCUT2D eigenvalue weighted by Gasteiger charge is 2.15. The smallest absolute Gasteiger partial charge is 0.202 e. The minimum absolute atomic E-state index is 0.416. The Bertz CT molecular complexity index is 358. The van der Waals surface area contributed by atoms with Crippen molar-refractivity contribution in [3.8, 4) is 0 Å². The molecule has 18 heavy (non-hydrogen) atoms. The summed E-state index contributed by atoms with van der Waals surface area (Å²) in [5, 5.41) is 4.38. The van der Waals surface area contributed by atoms with Crippen molar-refractivity contribution < 1.29 is 0 Å². The molecule has 5 heteroatoms. The molecule has 1 aliphatic heterocycles. The summed E-state index contributed by atoms with van der Waals surface area (Å²) in [6.45, 7) is 11.3. The predicted molar refractivity (Wildman–Crippen MR) is 77.3 cm³/mol. The molecule has 4 nitrogen and oxygen atoms in total. The molecule has 0 spiro atoms. The Morgan fingerprint density at radius 1 is 1.28 bits per heavy atom. The SMILES string of the molecule is CC(CNc1nc(C(C)C)ns1)CN1CCCC1. The van der Waals surface area contributed by atoms with Crippen LogP contribution < -0.4 is 5.32 Å². The quantitative estimate of drug-likeness (QED) is 0.861. The van der Waals surface area contributed by atoms with Gasteiger partial charge in [0.1, 0.15) is 5.82 Å². The highest BCUT2D eigenvalue weighted by molar-refractivity contribution is 7.09. The lowest BCUT2D eigenvalue weighted by molar-refractivity contribution is 0.294. The third-order valence-corrected chi connectivity index (χ3v) is 4.02. The van der Waals surface area contributed by atoms with E-state index in [0.29, 0.717) is 11.8 Å². The fourth-order valence-corrected chi connectivity index (χ4v) is 2.99. The number of rotatable bonds is 6. The Morgan fingerprint density at radius 2 is 2.00 bits per heavy atom. The molecule has 0 radical (unpaired) electrons. The molecular formula is C13H24N4S. The van der Waals surface area contributed by atoms with Gasteiger partial charge in [0.25, 0.3) is 0 Å². The van der Waals surface area contributed by atoms with Gasteiger partial charge in [-0.1, -0.05) is 20.8 Å². The molecule has 1 aromatic rings. The normalized spacial score (nSPS) is 18.4. The van der Waals surface area contributed by atoms with E-state index < -0.39 is 0 Å². The van der Waals surface area contributed by atoms with Crippen molar-refractivity contribution in [3.63, 3.8) is 0 Å². The van der Waals surface area contributed by atoms with Gasteiger partial charge < -0.3 is 10.2 Å². The molecule has 1 aliphatic rings. The Morgan fingerprint density at radius 3 is 2.61 bits per heavy atom. The second kappa shape index (κ2) is 6.48. The fourth-order valence-electron chi connectivity index (χ4n) is 2.27. The lowest BCUT2D eigenvalue weighted by Crippen LogP contribution is -2.28. The zero-order valence-corrected chi connectivity index (χ0v) is 12.5. The van der Waals surface area contributed by atoms with Crippen molar-refractivity contribution in [2.45, 2.75) is 39.5 Å². The molecule has 102 valence electrons. The summed E-state index contributed by atoms with van der Waals surface area (Å²) in [5.74, 6) is 2.03. The molecule has 1 atom stereocenters. The van der Waals surface area contributed by atoms with Crippen molar-refractivity contribution in [1.82, 2.24) is 14.3 Å². The topological polar surface area (TPSA) is 41.1 Å². The molecular weight excluding hydrogens is 244 g/mol. The van der Waals surface area contributed by atoms with E-state index in [4.69, 9.17) is 0 Å². The molecule has 1 aromatic heterocycles. The largest absolute Gasteiger partial charge is 0.360 e. The van der Waals surface area contributed by atoms with Crippen molar-refractivity contribution >= 4 is 16.7 Å². The van der Waals surface area contributed by atoms with Gasteiger partial charge in [0.2, 0.25) is 5.13 Å². The molecule has 0 amide bonds. The first-order valence-corrected chi connectivity index (χ1v) is 7.72. The second-order valence-electron chi connectivity index (χ2n) is 5.61. The molecule has 0 bridgehead atoms. The number of nitrogens with zero attached hydrogens (tertiary/aromatic N) is 3. The van der Waals surface area contributed by atoms with Gasteiger partial charge in [-0.25, -0.2) is 4.98 Å². The number of hydrogen-bond acceptors (Lipinski definition) is 5. The van der Waals surface area contributed by atoms with Crippen molar-refractivity contribution in [2.24, 2.45) is 5.92 Å². The fraction of sp³-hybridized carbons (Fsp3) is 0.846. The van der Waals surface area contributed by atoms with Crippen LogP contribution in [0.15, 0.2) is 0 Å². The van der Waals surface area contributed by atoms with Gasteiger partial charge in [0, 0.05) is 30.5 Å². The van der Waals surface area contributed by atoms with Crippen molar-refractivity contribution in [1.29, 1.82) is 0 Å². The first kappa shape index (κ1) is 13.7. The second-order valence-corrected chi connectivity index (χ2v) is 6.36. The standard InChI is InChI=1S/C13H24N4S/c1-10(2)12-15-13(18-16-12)14-8-11(3)9-17-6-4-5-7-17/h10-11H,4-9H2,1-3H3,(H,14,15,16). The van der Waals surface area contributed by atoms with Gasteiger partial charge in [-0.05, 0) is 31.8 Å². The summed E-state index contributed by atoms with van der Waals surface area (Å²) in [5.41, 5.74) is 0. The number of aromatic nitrogens is 2. The predicted octanol–water partition coefficient (Wildman–Crippen LogP) is 2.81. The maximum Gasteiger partial charge on any atom is 0.202 e. The number of likely N-dealkylation sites (tertiary alicyclic amines) is 1. The first-order valence-electron chi connectivity index (χ1n) is 6.95. The van der Waals surface area contributed by atoms with E-state index in [1.165, 1.54) is 44.0 Å². The molecule has 0 saturated carbocycles.